The lowest BCUT2D eigenvalue weighted by Gasteiger charge is -2.14. The van der Waals surface area contributed by atoms with Gasteiger partial charge in [0.25, 0.3) is 0 Å². The highest BCUT2D eigenvalue weighted by Crippen LogP contribution is 2.26. The fraction of sp³-hybridized carbons (Fsp3) is 0. The van der Waals surface area contributed by atoms with Gasteiger partial charge in [-0.25, -0.2) is 4.98 Å². The second kappa shape index (κ2) is 8.90. The van der Waals surface area contributed by atoms with Crippen molar-refractivity contribution in [3.8, 4) is 11.4 Å². The lowest BCUT2D eigenvalue weighted by molar-refractivity contribution is 0.847. The first-order chi connectivity index (χ1) is 14.6. The number of fused-ring (bicyclic) bond motifs is 1. The molecule has 0 bridgehead atoms. The zero-order valence-electron chi connectivity index (χ0n) is 15.8. The van der Waals surface area contributed by atoms with E-state index in [2.05, 4.69) is 21.9 Å². The van der Waals surface area contributed by atoms with E-state index in [-0.39, 0.29) is 5.11 Å². The van der Waals surface area contributed by atoms with Crippen LogP contribution < -0.4 is 16.6 Å². The number of rotatable bonds is 5. The van der Waals surface area contributed by atoms with E-state index < -0.39 is 0 Å². The minimum atomic E-state index is 0.134. The summed E-state index contributed by atoms with van der Waals surface area (Å²) in [6, 6.07) is 23.4. The zero-order valence-corrected chi connectivity index (χ0v) is 17.4. The summed E-state index contributed by atoms with van der Waals surface area (Å²) in [6.07, 6.45) is 3.71. The molecule has 0 radical (unpaired) electrons. The second-order valence-corrected chi connectivity index (χ2v) is 7.38. The van der Waals surface area contributed by atoms with Crippen LogP contribution in [0.4, 0.5) is 0 Å². The van der Waals surface area contributed by atoms with E-state index in [9.17, 15) is 0 Å². The van der Waals surface area contributed by atoms with Crippen molar-refractivity contribution >= 4 is 51.5 Å². The molecule has 0 amide bonds. The van der Waals surface area contributed by atoms with Gasteiger partial charge in [-0.15, -0.1) is 0 Å². The van der Waals surface area contributed by atoms with Crippen LogP contribution >= 0.6 is 23.8 Å². The predicted octanol–water partition coefficient (Wildman–Crippen LogP) is 4.79. The molecule has 4 rings (SSSR count). The van der Waals surface area contributed by atoms with Crippen LogP contribution in [0.25, 0.3) is 33.9 Å². The van der Waals surface area contributed by atoms with Crippen LogP contribution in [0.15, 0.2) is 79.0 Å². The third-order valence-electron chi connectivity index (χ3n) is 4.45. The number of nitrogens with zero attached hydrogens (tertiary/aromatic N) is 2. The smallest absolute Gasteiger partial charge is 0.182 e. The van der Waals surface area contributed by atoms with Gasteiger partial charge in [0.2, 0.25) is 0 Å². The highest BCUT2D eigenvalue weighted by molar-refractivity contribution is 7.80. The van der Waals surface area contributed by atoms with Crippen molar-refractivity contribution in [1.82, 2.24) is 20.8 Å². The number of halogens is 1. The van der Waals surface area contributed by atoms with Gasteiger partial charge in [0.15, 0.2) is 5.11 Å². The van der Waals surface area contributed by atoms with E-state index in [0.29, 0.717) is 5.02 Å². The minimum absolute atomic E-state index is 0.134. The number of aromatic nitrogens is 2. The van der Waals surface area contributed by atoms with Gasteiger partial charge >= 0.3 is 0 Å². The Labute approximate surface area is 184 Å². The van der Waals surface area contributed by atoms with Gasteiger partial charge in [-0.1, -0.05) is 54.1 Å². The number of hydrogen-bond acceptors (Lipinski definition) is 4. The maximum absolute atomic E-state index is 6.06. The molecule has 7 heteroatoms. The summed E-state index contributed by atoms with van der Waals surface area (Å²) >= 11 is 11.0. The summed E-state index contributed by atoms with van der Waals surface area (Å²) in [7, 11) is 0. The molecule has 2 aromatic heterocycles. The van der Waals surface area contributed by atoms with Gasteiger partial charge in [-0.2, -0.15) is 0 Å². The third kappa shape index (κ3) is 4.56. The Morgan fingerprint density at radius 3 is 2.43 bits per heavy atom. The monoisotopic (exact) mass is 431 g/mol. The highest BCUT2D eigenvalue weighted by Gasteiger charge is 2.10. The van der Waals surface area contributed by atoms with E-state index in [1.54, 1.807) is 6.20 Å². The molecule has 0 aliphatic carbocycles. The van der Waals surface area contributed by atoms with Gasteiger partial charge in [0, 0.05) is 16.6 Å². The molecule has 0 unspecified atom stereocenters. The predicted molar refractivity (Wildman–Crippen MR) is 127 cm³/mol. The fourth-order valence-electron chi connectivity index (χ4n) is 3.07. The second-order valence-electron chi connectivity index (χ2n) is 6.51. The number of pyridine rings is 2. The van der Waals surface area contributed by atoms with Crippen molar-refractivity contribution in [3.05, 3.63) is 95.3 Å². The molecule has 2 aromatic carbocycles. The number of hydrogen-bond donors (Lipinski definition) is 3. The lowest BCUT2D eigenvalue weighted by atomic mass is 10.0. The van der Waals surface area contributed by atoms with E-state index in [4.69, 9.17) is 34.5 Å². The van der Waals surface area contributed by atoms with E-state index in [0.717, 1.165) is 39.1 Å². The Morgan fingerprint density at radius 1 is 0.933 bits per heavy atom. The van der Waals surface area contributed by atoms with Crippen molar-refractivity contribution in [2.24, 2.45) is 5.73 Å². The molecular formula is C23H18ClN5S. The Hall–Kier alpha value is -3.48. The molecule has 148 valence electrons. The first kappa shape index (κ1) is 19.8. The van der Waals surface area contributed by atoms with Gasteiger partial charge in [0.1, 0.15) is 0 Å². The molecule has 30 heavy (non-hydrogen) atoms. The molecule has 0 fully saturated rings. The first-order valence-corrected chi connectivity index (χ1v) is 9.99. The number of nitrogens with one attached hydrogen (secondary N) is 2. The SMILES string of the molecule is NC(=S)NNC(=Cc1nc(-c2ccccn2)cc2ccccc12)c1ccc(Cl)cc1. The molecule has 0 aliphatic rings. The van der Waals surface area contributed by atoms with E-state index in [1.807, 2.05) is 72.8 Å². The van der Waals surface area contributed by atoms with Gasteiger partial charge in [0.05, 0.1) is 22.8 Å². The Kier molecular flexibility index (Phi) is 5.88. The number of nitrogens with two attached hydrogens (primary N) is 1. The zero-order chi connectivity index (χ0) is 20.9. The molecule has 0 saturated carbocycles. The molecular weight excluding hydrogens is 414 g/mol. The van der Waals surface area contributed by atoms with Crippen molar-refractivity contribution in [3.63, 3.8) is 0 Å². The first-order valence-electron chi connectivity index (χ1n) is 9.20. The Bertz CT molecular complexity index is 1220. The minimum Gasteiger partial charge on any atom is -0.375 e. The molecule has 4 aromatic rings. The van der Waals surface area contributed by atoms with Crippen LogP contribution in [-0.4, -0.2) is 15.1 Å². The summed E-state index contributed by atoms with van der Waals surface area (Å²) in [5.74, 6) is 0. The van der Waals surface area contributed by atoms with Crippen LogP contribution in [0.1, 0.15) is 11.3 Å². The van der Waals surface area contributed by atoms with Crippen molar-refractivity contribution < 1.29 is 0 Å². The quantitative estimate of drug-likeness (QED) is 0.311. The van der Waals surface area contributed by atoms with Crippen molar-refractivity contribution in [2.45, 2.75) is 0 Å². The van der Waals surface area contributed by atoms with Crippen LogP contribution in [0.3, 0.4) is 0 Å². The van der Waals surface area contributed by atoms with Crippen LogP contribution in [0.2, 0.25) is 5.02 Å². The Balaban J connectivity index is 1.88. The van der Waals surface area contributed by atoms with Gasteiger partial charge < -0.3 is 5.73 Å². The lowest BCUT2D eigenvalue weighted by Crippen LogP contribution is -2.39. The molecule has 0 aliphatic heterocycles. The Morgan fingerprint density at radius 2 is 1.70 bits per heavy atom. The topological polar surface area (TPSA) is 75.9 Å². The summed E-state index contributed by atoms with van der Waals surface area (Å²) in [5.41, 5.74) is 15.5. The maximum atomic E-state index is 6.06. The van der Waals surface area contributed by atoms with Crippen LogP contribution in [0.5, 0.6) is 0 Å². The van der Waals surface area contributed by atoms with Gasteiger partial charge in [-0.3, -0.25) is 15.8 Å². The molecule has 0 saturated heterocycles. The van der Waals surface area contributed by atoms with Crippen molar-refractivity contribution in [2.75, 3.05) is 0 Å². The number of benzene rings is 2. The molecule has 2 heterocycles. The average Bonchev–Trinajstić information content (AvgIpc) is 2.77. The molecule has 4 N–H and O–H groups in total. The normalized spacial score (nSPS) is 11.3. The summed E-state index contributed by atoms with van der Waals surface area (Å²) in [5, 5.41) is 2.87. The molecule has 0 spiro atoms. The van der Waals surface area contributed by atoms with E-state index in [1.165, 1.54) is 0 Å². The molecule has 5 nitrogen and oxygen atoms in total. The largest absolute Gasteiger partial charge is 0.375 e. The summed E-state index contributed by atoms with van der Waals surface area (Å²) in [4.78, 5) is 9.33. The van der Waals surface area contributed by atoms with Crippen LogP contribution in [0, 0.1) is 0 Å². The molecule has 0 atom stereocenters. The number of hydrazine groups is 1. The van der Waals surface area contributed by atoms with E-state index >= 15 is 0 Å². The average molecular weight is 432 g/mol. The van der Waals surface area contributed by atoms with Crippen molar-refractivity contribution in [1.29, 1.82) is 0 Å². The van der Waals surface area contributed by atoms with Crippen LogP contribution in [-0.2, 0) is 0 Å². The highest BCUT2D eigenvalue weighted by atomic mass is 35.5. The number of thiocarbonyl (C=S) groups is 1. The summed E-state index contributed by atoms with van der Waals surface area (Å²) in [6.45, 7) is 0. The standard InChI is InChI=1S/C23H18ClN5S/c24-17-10-8-15(9-11-17)20(28-29-23(25)30)14-21-18-6-2-1-5-16(18)13-22(27-21)19-7-3-4-12-26-19/h1-14,28H,(H3,25,29,30). The fourth-order valence-corrected chi connectivity index (χ4v) is 3.24. The summed E-state index contributed by atoms with van der Waals surface area (Å²) < 4.78 is 0. The third-order valence-corrected chi connectivity index (χ3v) is 4.81. The maximum Gasteiger partial charge on any atom is 0.182 e. The van der Waals surface area contributed by atoms with Gasteiger partial charge in [-0.05, 0) is 59.6 Å².